The topological polar surface area (TPSA) is 75.4 Å². The third-order valence-electron chi connectivity index (χ3n) is 4.24. The van der Waals surface area contributed by atoms with Crippen molar-refractivity contribution in [1.29, 1.82) is 0 Å². The summed E-state index contributed by atoms with van der Waals surface area (Å²) in [6.07, 6.45) is 2.77. The van der Waals surface area contributed by atoms with Gasteiger partial charge in [-0.1, -0.05) is 18.2 Å². The number of ether oxygens (including phenoxy) is 2. The van der Waals surface area contributed by atoms with Crippen LogP contribution in [0.2, 0.25) is 0 Å². The number of methoxy groups -OCH3 is 2. The van der Waals surface area contributed by atoms with Gasteiger partial charge in [-0.25, -0.2) is 0 Å². The maximum atomic E-state index is 12.1. The summed E-state index contributed by atoms with van der Waals surface area (Å²) in [5, 5.41) is 7.22. The van der Waals surface area contributed by atoms with E-state index in [2.05, 4.69) is 21.7 Å². The number of carbonyl (C=O) groups excluding carboxylic acids is 1. The maximum absolute atomic E-state index is 12.1. The lowest BCUT2D eigenvalue weighted by Gasteiger charge is -2.12. The highest BCUT2D eigenvalue weighted by molar-refractivity contribution is 5.83. The molecule has 0 unspecified atom stereocenters. The zero-order valence-corrected chi connectivity index (χ0v) is 15.0. The summed E-state index contributed by atoms with van der Waals surface area (Å²) in [4.78, 5) is 15.4. The third-order valence-corrected chi connectivity index (χ3v) is 4.24. The van der Waals surface area contributed by atoms with Gasteiger partial charge in [0.25, 0.3) is 0 Å². The molecule has 0 fully saturated rings. The van der Waals surface area contributed by atoms with Gasteiger partial charge >= 0.3 is 0 Å². The van der Waals surface area contributed by atoms with Crippen molar-refractivity contribution < 1.29 is 14.3 Å². The number of rotatable bonds is 8. The van der Waals surface area contributed by atoms with Crippen LogP contribution in [0.3, 0.4) is 0 Å². The number of aromatic amines is 1. The second-order valence-electron chi connectivity index (χ2n) is 5.88. The van der Waals surface area contributed by atoms with Gasteiger partial charge in [-0.05, 0) is 30.2 Å². The monoisotopic (exact) mass is 353 g/mol. The summed E-state index contributed by atoms with van der Waals surface area (Å²) in [5.74, 6) is 1.29. The molecule has 3 N–H and O–H groups in total. The molecule has 0 aliphatic carbocycles. The van der Waals surface area contributed by atoms with Crippen molar-refractivity contribution in [3.05, 3.63) is 54.2 Å². The smallest absolute Gasteiger partial charge is 0.239 e. The highest BCUT2D eigenvalue weighted by atomic mass is 16.5. The molecule has 0 saturated carbocycles. The third kappa shape index (κ3) is 4.08. The van der Waals surface area contributed by atoms with Crippen molar-refractivity contribution in [1.82, 2.24) is 10.3 Å². The van der Waals surface area contributed by atoms with Crippen LogP contribution in [-0.2, 0) is 11.2 Å². The molecule has 1 heterocycles. The first kappa shape index (κ1) is 17.7. The van der Waals surface area contributed by atoms with Crippen molar-refractivity contribution in [3.8, 4) is 11.5 Å². The molecule has 1 aromatic heterocycles. The predicted octanol–water partition coefficient (Wildman–Crippen LogP) is 2.96. The van der Waals surface area contributed by atoms with Crippen molar-refractivity contribution in [2.75, 3.05) is 32.6 Å². The predicted molar refractivity (Wildman–Crippen MR) is 103 cm³/mol. The molecule has 0 saturated heterocycles. The Labute approximate surface area is 152 Å². The number of benzene rings is 2. The standard InChI is InChI=1S/C20H23N3O3/c1-25-15-7-8-19(26-2)18(11-15)23-13-20(24)21-10-9-14-12-22-17-6-4-3-5-16(14)17/h3-8,11-12,22-23H,9-10,13H2,1-2H3,(H,21,24). The lowest BCUT2D eigenvalue weighted by atomic mass is 10.1. The number of aromatic nitrogens is 1. The summed E-state index contributed by atoms with van der Waals surface area (Å²) >= 11 is 0. The zero-order valence-electron chi connectivity index (χ0n) is 15.0. The van der Waals surface area contributed by atoms with Crippen LogP contribution in [-0.4, -0.2) is 38.2 Å². The van der Waals surface area contributed by atoms with Crippen LogP contribution in [0.4, 0.5) is 5.69 Å². The Morgan fingerprint density at radius 3 is 2.77 bits per heavy atom. The lowest BCUT2D eigenvalue weighted by molar-refractivity contribution is -0.119. The van der Waals surface area contributed by atoms with Crippen molar-refractivity contribution >= 4 is 22.5 Å². The molecule has 3 rings (SSSR count). The van der Waals surface area contributed by atoms with Gasteiger partial charge in [0.1, 0.15) is 11.5 Å². The largest absolute Gasteiger partial charge is 0.497 e. The summed E-state index contributed by atoms with van der Waals surface area (Å²) in [7, 11) is 3.19. The lowest BCUT2D eigenvalue weighted by Crippen LogP contribution is -2.31. The summed E-state index contributed by atoms with van der Waals surface area (Å²) in [6.45, 7) is 0.745. The minimum Gasteiger partial charge on any atom is -0.497 e. The molecule has 0 bridgehead atoms. The van der Waals surface area contributed by atoms with E-state index in [4.69, 9.17) is 9.47 Å². The molecule has 2 aromatic carbocycles. The number of nitrogens with one attached hydrogen (secondary N) is 3. The molecule has 3 aromatic rings. The van der Waals surface area contributed by atoms with Gasteiger partial charge in [-0.15, -0.1) is 0 Å². The highest BCUT2D eigenvalue weighted by Gasteiger charge is 2.08. The second kappa shape index (κ2) is 8.29. The maximum Gasteiger partial charge on any atom is 0.239 e. The summed E-state index contributed by atoms with van der Waals surface area (Å²) in [5.41, 5.74) is 3.03. The summed E-state index contributed by atoms with van der Waals surface area (Å²) in [6, 6.07) is 13.6. The van der Waals surface area contributed by atoms with E-state index in [1.807, 2.05) is 30.5 Å². The van der Waals surface area contributed by atoms with Crippen LogP contribution in [0.15, 0.2) is 48.7 Å². The molecule has 0 atom stereocenters. The first-order valence-electron chi connectivity index (χ1n) is 8.49. The van der Waals surface area contributed by atoms with E-state index in [9.17, 15) is 4.79 Å². The average molecular weight is 353 g/mol. The van der Waals surface area contributed by atoms with Gasteiger partial charge in [0.15, 0.2) is 0 Å². The number of hydrogen-bond acceptors (Lipinski definition) is 4. The Balaban J connectivity index is 1.50. The molecule has 26 heavy (non-hydrogen) atoms. The molecule has 1 amide bonds. The summed E-state index contributed by atoms with van der Waals surface area (Å²) < 4.78 is 10.5. The van der Waals surface area contributed by atoms with E-state index < -0.39 is 0 Å². The fraction of sp³-hybridized carbons (Fsp3) is 0.250. The molecule has 0 aliphatic rings. The zero-order chi connectivity index (χ0) is 18.4. The average Bonchev–Trinajstić information content (AvgIpc) is 3.09. The van der Waals surface area contributed by atoms with Crippen molar-refractivity contribution in [2.24, 2.45) is 0 Å². The van der Waals surface area contributed by atoms with E-state index in [1.165, 1.54) is 10.9 Å². The first-order valence-corrected chi connectivity index (χ1v) is 8.49. The molecule has 0 aliphatic heterocycles. The number of para-hydroxylation sites is 1. The quantitative estimate of drug-likeness (QED) is 0.582. The molecule has 0 spiro atoms. The Kier molecular flexibility index (Phi) is 5.63. The molecule has 6 nitrogen and oxygen atoms in total. The fourth-order valence-electron chi connectivity index (χ4n) is 2.87. The first-order chi connectivity index (χ1) is 12.7. The van der Waals surface area contributed by atoms with Crippen LogP contribution >= 0.6 is 0 Å². The SMILES string of the molecule is COc1ccc(OC)c(NCC(=O)NCCc2c[nH]c3ccccc23)c1. The van der Waals surface area contributed by atoms with Gasteiger partial charge in [0.2, 0.25) is 5.91 Å². The highest BCUT2D eigenvalue weighted by Crippen LogP contribution is 2.28. The Bertz CT molecular complexity index is 889. The number of anilines is 1. The van der Waals surface area contributed by atoms with Crippen LogP contribution in [0.1, 0.15) is 5.56 Å². The Hall–Kier alpha value is -3.15. The number of fused-ring (bicyclic) bond motifs is 1. The van der Waals surface area contributed by atoms with E-state index >= 15 is 0 Å². The minimum absolute atomic E-state index is 0.0743. The van der Waals surface area contributed by atoms with Crippen molar-refractivity contribution in [2.45, 2.75) is 6.42 Å². The Morgan fingerprint density at radius 1 is 1.12 bits per heavy atom. The van der Waals surface area contributed by atoms with E-state index in [0.29, 0.717) is 18.0 Å². The molecular formula is C20H23N3O3. The number of hydrogen-bond donors (Lipinski definition) is 3. The van der Waals surface area contributed by atoms with Gasteiger partial charge in [0, 0.05) is 29.7 Å². The van der Waals surface area contributed by atoms with E-state index in [-0.39, 0.29) is 12.5 Å². The van der Waals surface area contributed by atoms with Crippen LogP contribution in [0, 0.1) is 0 Å². The number of H-pyrrole nitrogens is 1. The van der Waals surface area contributed by atoms with Crippen LogP contribution in [0.25, 0.3) is 10.9 Å². The number of amides is 1. The fourth-order valence-corrected chi connectivity index (χ4v) is 2.87. The van der Waals surface area contributed by atoms with Crippen LogP contribution in [0.5, 0.6) is 11.5 Å². The molecule has 136 valence electrons. The normalized spacial score (nSPS) is 10.5. The van der Waals surface area contributed by atoms with Gasteiger partial charge < -0.3 is 25.1 Å². The minimum atomic E-state index is -0.0743. The molecule has 6 heteroatoms. The van der Waals surface area contributed by atoms with E-state index in [0.717, 1.165) is 17.6 Å². The van der Waals surface area contributed by atoms with Crippen LogP contribution < -0.4 is 20.1 Å². The Morgan fingerprint density at radius 2 is 1.96 bits per heavy atom. The number of carbonyl (C=O) groups is 1. The van der Waals surface area contributed by atoms with Gasteiger partial charge in [-0.3, -0.25) is 4.79 Å². The second-order valence-corrected chi connectivity index (χ2v) is 5.88. The van der Waals surface area contributed by atoms with Crippen molar-refractivity contribution in [3.63, 3.8) is 0 Å². The van der Waals surface area contributed by atoms with Gasteiger partial charge in [0.05, 0.1) is 26.5 Å². The van der Waals surface area contributed by atoms with E-state index in [1.54, 1.807) is 26.4 Å². The molecular weight excluding hydrogens is 330 g/mol. The molecule has 0 radical (unpaired) electrons. The van der Waals surface area contributed by atoms with Gasteiger partial charge in [-0.2, -0.15) is 0 Å².